The maximum atomic E-state index is 12.9. The van der Waals surface area contributed by atoms with Gasteiger partial charge in [0.2, 0.25) is 11.8 Å². The van der Waals surface area contributed by atoms with Gasteiger partial charge in [-0.15, -0.1) is 11.3 Å². The lowest BCUT2D eigenvalue weighted by molar-refractivity contribution is -0.134. The van der Waals surface area contributed by atoms with Crippen molar-refractivity contribution in [3.05, 3.63) is 49.8 Å². The number of fused-ring (bicyclic) bond motifs is 1. The first-order valence-corrected chi connectivity index (χ1v) is 10.6. The second-order valence-electron chi connectivity index (χ2n) is 7.42. The van der Waals surface area contributed by atoms with E-state index in [1.54, 1.807) is 16.2 Å². The van der Waals surface area contributed by atoms with Gasteiger partial charge in [0.15, 0.2) is 0 Å². The van der Waals surface area contributed by atoms with Gasteiger partial charge in [-0.25, -0.2) is 4.98 Å². The molecular weight excluding hydrogens is 376 g/mol. The number of likely N-dealkylation sites (tertiary alicyclic amines) is 1. The Hall–Kier alpha value is -2.48. The molecule has 0 bridgehead atoms. The zero-order valence-electron chi connectivity index (χ0n) is 15.9. The average Bonchev–Trinajstić information content (AvgIpc) is 3.20. The van der Waals surface area contributed by atoms with E-state index in [2.05, 4.69) is 4.98 Å². The highest BCUT2D eigenvalue weighted by Crippen LogP contribution is 2.30. The van der Waals surface area contributed by atoms with Gasteiger partial charge in [-0.2, -0.15) is 0 Å². The minimum absolute atomic E-state index is 0.0142. The van der Waals surface area contributed by atoms with Crippen molar-refractivity contribution in [3.8, 4) is 0 Å². The topological polar surface area (TPSA) is 86.4 Å². The van der Waals surface area contributed by atoms with Crippen LogP contribution >= 0.6 is 11.3 Å². The largest absolute Gasteiger partial charge is 0.337 e. The maximum absolute atomic E-state index is 12.9. The lowest BCUT2D eigenvalue weighted by atomic mass is 9.99. The Balaban J connectivity index is 1.62. The number of amides is 2. The molecule has 1 fully saturated rings. The number of piperidine rings is 1. The zero-order valence-corrected chi connectivity index (χ0v) is 16.8. The fourth-order valence-electron chi connectivity index (χ4n) is 4.06. The molecule has 1 saturated heterocycles. The smallest absolute Gasteiger partial charge is 0.254 e. The summed E-state index contributed by atoms with van der Waals surface area (Å²) in [5.74, 6) is 0.603. The van der Waals surface area contributed by atoms with Crippen LogP contribution in [-0.2, 0) is 29.0 Å². The summed E-state index contributed by atoms with van der Waals surface area (Å²) < 4.78 is 0. The molecule has 28 heavy (non-hydrogen) atoms. The van der Waals surface area contributed by atoms with Crippen molar-refractivity contribution in [2.24, 2.45) is 0 Å². The Morgan fingerprint density at radius 1 is 1.32 bits per heavy atom. The first-order chi connectivity index (χ1) is 13.5. The number of carbonyl (C=O) groups is 2. The van der Waals surface area contributed by atoms with E-state index in [0.717, 1.165) is 24.1 Å². The number of aromatic nitrogens is 2. The zero-order chi connectivity index (χ0) is 19.7. The van der Waals surface area contributed by atoms with Gasteiger partial charge in [0.25, 0.3) is 5.56 Å². The Morgan fingerprint density at radius 3 is 2.93 bits per heavy atom. The summed E-state index contributed by atoms with van der Waals surface area (Å²) >= 11 is 1.58. The van der Waals surface area contributed by atoms with Gasteiger partial charge in [-0.3, -0.25) is 14.4 Å². The summed E-state index contributed by atoms with van der Waals surface area (Å²) in [6.45, 7) is 3.11. The van der Waals surface area contributed by atoms with Crippen LogP contribution in [0, 0.1) is 0 Å². The summed E-state index contributed by atoms with van der Waals surface area (Å²) in [4.78, 5) is 49.6. The van der Waals surface area contributed by atoms with Crippen molar-refractivity contribution < 1.29 is 9.59 Å². The van der Waals surface area contributed by atoms with E-state index in [-0.39, 0.29) is 23.4 Å². The Kier molecular flexibility index (Phi) is 5.30. The van der Waals surface area contributed by atoms with Gasteiger partial charge in [0.1, 0.15) is 5.82 Å². The van der Waals surface area contributed by atoms with E-state index in [9.17, 15) is 14.4 Å². The normalized spacial score (nSPS) is 19.4. The third-order valence-corrected chi connectivity index (χ3v) is 6.46. The van der Waals surface area contributed by atoms with E-state index < -0.39 is 0 Å². The number of rotatable bonds is 3. The summed E-state index contributed by atoms with van der Waals surface area (Å²) in [5, 5.41) is 1.97. The number of nitrogens with one attached hydrogen (secondary N) is 1. The van der Waals surface area contributed by atoms with Crippen molar-refractivity contribution in [3.63, 3.8) is 0 Å². The minimum Gasteiger partial charge on any atom is -0.337 e. The van der Waals surface area contributed by atoms with Crippen molar-refractivity contribution in [2.45, 2.75) is 51.6 Å². The van der Waals surface area contributed by atoms with Crippen LogP contribution in [0.5, 0.6) is 0 Å². The Morgan fingerprint density at radius 2 is 2.18 bits per heavy atom. The molecule has 2 amide bonds. The fraction of sp³-hybridized carbons (Fsp3) is 0.500. The summed E-state index contributed by atoms with van der Waals surface area (Å²) in [6, 6.07) is 3.70. The summed E-state index contributed by atoms with van der Waals surface area (Å²) in [7, 11) is 0. The third kappa shape index (κ3) is 3.73. The molecule has 7 nitrogen and oxygen atoms in total. The van der Waals surface area contributed by atoms with Crippen LogP contribution in [0.3, 0.4) is 0 Å². The van der Waals surface area contributed by atoms with Crippen LogP contribution < -0.4 is 5.56 Å². The molecule has 148 valence electrons. The molecule has 2 aromatic rings. The predicted molar refractivity (Wildman–Crippen MR) is 106 cm³/mol. The van der Waals surface area contributed by atoms with Crippen LogP contribution in [0.2, 0.25) is 0 Å². The standard InChI is InChI=1S/C20H24N4O3S/c1-13(25)23-9-7-15-16(12-23)21-19(22-20(15)27)17-6-2-3-8-24(17)18(26)11-14-5-4-10-28-14/h4-5,10,17H,2-3,6-9,11-12H2,1H3,(H,21,22,27). The Bertz CT molecular complexity index is 937. The predicted octanol–water partition coefficient (Wildman–Crippen LogP) is 2.03. The lowest BCUT2D eigenvalue weighted by Crippen LogP contribution is -2.42. The van der Waals surface area contributed by atoms with Gasteiger partial charge in [-0.05, 0) is 37.1 Å². The number of carbonyl (C=O) groups excluding carboxylic acids is 2. The molecule has 1 N–H and O–H groups in total. The minimum atomic E-state index is -0.216. The molecule has 0 radical (unpaired) electrons. The molecular formula is C20H24N4O3S. The highest BCUT2D eigenvalue weighted by molar-refractivity contribution is 7.10. The molecule has 1 atom stereocenters. The van der Waals surface area contributed by atoms with Gasteiger partial charge in [-0.1, -0.05) is 6.07 Å². The number of hydrogen-bond acceptors (Lipinski definition) is 5. The third-order valence-electron chi connectivity index (χ3n) is 5.58. The van der Waals surface area contributed by atoms with Crippen LogP contribution in [0.25, 0.3) is 0 Å². The number of thiophene rings is 1. The Labute approximate surface area is 167 Å². The van der Waals surface area contributed by atoms with Crippen molar-refractivity contribution in [1.29, 1.82) is 0 Å². The molecule has 2 aliphatic heterocycles. The first-order valence-electron chi connectivity index (χ1n) is 9.72. The van der Waals surface area contributed by atoms with E-state index in [0.29, 0.717) is 49.6 Å². The van der Waals surface area contributed by atoms with E-state index >= 15 is 0 Å². The fourth-order valence-corrected chi connectivity index (χ4v) is 4.76. The van der Waals surface area contributed by atoms with Gasteiger partial charge < -0.3 is 14.8 Å². The molecule has 0 aliphatic carbocycles. The number of aromatic amines is 1. The van der Waals surface area contributed by atoms with Gasteiger partial charge in [0.05, 0.1) is 24.7 Å². The van der Waals surface area contributed by atoms with E-state index in [1.165, 1.54) is 6.92 Å². The van der Waals surface area contributed by atoms with Crippen molar-refractivity contribution in [1.82, 2.24) is 19.8 Å². The highest BCUT2D eigenvalue weighted by atomic mass is 32.1. The van der Waals surface area contributed by atoms with Crippen LogP contribution in [-0.4, -0.2) is 44.7 Å². The SMILES string of the molecule is CC(=O)N1CCc2c(nc(C3CCCCN3C(=O)Cc3cccs3)[nH]c2=O)C1. The molecule has 1 unspecified atom stereocenters. The summed E-state index contributed by atoms with van der Waals surface area (Å²) in [6.07, 6.45) is 3.63. The average molecular weight is 401 g/mol. The second-order valence-corrected chi connectivity index (χ2v) is 8.45. The van der Waals surface area contributed by atoms with E-state index in [4.69, 9.17) is 4.98 Å². The number of nitrogens with zero attached hydrogens (tertiary/aromatic N) is 3. The molecule has 0 saturated carbocycles. The van der Waals surface area contributed by atoms with E-state index in [1.807, 2.05) is 22.4 Å². The second kappa shape index (κ2) is 7.87. The van der Waals surface area contributed by atoms with Crippen molar-refractivity contribution >= 4 is 23.2 Å². The monoisotopic (exact) mass is 400 g/mol. The summed E-state index contributed by atoms with van der Waals surface area (Å²) in [5.41, 5.74) is 1.18. The molecule has 2 aromatic heterocycles. The van der Waals surface area contributed by atoms with Crippen LogP contribution in [0.4, 0.5) is 0 Å². The number of H-pyrrole nitrogens is 1. The number of hydrogen-bond donors (Lipinski definition) is 1. The van der Waals surface area contributed by atoms with Gasteiger partial charge in [0, 0.05) is 30.5 Å². The van der Waals surface area contributed by atoms with Crippen LogP contribution in [0.1, 0.15) is 54.2 Å². The molecule has 0 spiro atoms. The molecule has 4 heterocycles. The maximum Gasteiger partial charge on any atom is 0.254 e. The molecule has 4 rings (SSSR count). The first kappa shape index (κ1) is 18.9. The quantitative estimate of drug-likeness (QED) is 0.854. The van der Waals surface area contributed by atoms with Crippen LogP contribution in [0.15, 0.2) is 22.3 Å². The molecule has 8 heteroatoms. The molecule has 0 aromatic carbocycles. The molecule has 2 aliphatic rings. The highest BCUT2D eigenvalue weighted by Gasteiger charge is 2.31. The van der Waals surface area contributed by atoms with Gasteiger partial charge >= 0.3 is 0 Å². The van der Waals surface area contributed by atoms with Crippen molar-refractivity contribution in [2.75, 3.05) is 13.1 Å². The lowest BCUT2D eigenvalue weighted by Gasteiger charge is -2.36.